The number of benzene rings is 1. The van der Waals surface area contributed by atoms with Gasteiger partial charge in [0.1, 0.15) is 5.01 Å². The Kier molecular flexibility index (Phi) is 6.95. The highest BCUT2D eigenvalue weighted by Crippen LogP contribution is 2.34. The zero-order valence-electron chi connectivity index (χ0n) is 16.9. The van der Waals surface area contributed by atoms with Gasteiger partial charge in [-0.2, -0.15) is 0 Å². The number of rotatable bonds is 6. The molecule has 6 heteroatoms. The summed E-state index contributed by atoms with van der Waals surface area (Å²) in [5.41, 5.74) is 7.85. The molecular weight excluding hydrogens is 382 g/mol. The van der Waals surface area contributed by atoms with E-state index in [1.54, 1.807) is 6.20 Å². The maximum Gasteiger partial charge on any atom is 0.229 e. The van der Waals surface area contributed by atoms with Crippen LogP contribution < -0.4 is 5.73 Å². The molecule has 0 spiro atoms. The molecule has 2 heterocycles. The number of thiazole rings is 1. The van der Waals surface area contributed by atoms with Gasteiger partial charge in [-0.15, -0.1) is 11.3 Å². The Morgan fingerprint density at radius 2 is 1.97 bits per heavy atom. The summed E-state index contributed by atoms with van der Waals surface area (Å²) in [7, 11) is 0. The SMILES string of the molecule is N[C@H]1CCCN(C(=O)Cc2nccs2)[C@H]1COC1CCC(c2ccccc2)CC1. The van der Waals surface area contributed by atoms with Crippen molar-refractivity contribution in [1.82, 2.24) is 9.88 Å². The van der Waals surface area contributed by atoms with Gasteiger partial charge in [-0.25, -0.2) is 4.98 Å². The van der Waals surface area contributed by atoms with Crippen LogP contribution >= 0.6 is 11.3 Å². The molecule has 0 radical (unpaired) electrons. The van der Waals surface area contributed by atoms with Crippen molar-refractivity contribution in [2.24, 2.45) is 5.73 Å². The average Bonchev–Trinajstić information content (AvgIpc) is 3.27. The molecule has 29 heavy (non-hydrogen) atoms. The number of carbonyl (C=O) groups excluding carboxylic acids is 1. The summed E-state index contributed by atoms with van der Waals surface area (Å²) in [5.74, 6) is 0.765. The van der Waals surface area contributed by atoms with E-state index in [1.807, 2.05) is 10.3 Å². The number of carbonyl (C=O) groups is 1. The van der Waals surface area contributed by atoms with Gasteiger partial charge >= 0.3 is 0 Å². The maximum atomic E-state index is 12.9. The highest BCUT2D eigenvalue weighted by molar-refractivity contribution is 7.09. The molecule has 2 aromatic rings. The fraction of sp³-hybridized carbons (Fsp3) is 0.565. The van der Waals surface area contributed by atoms with Crippen molar-refractivity contribution in [3.05, 3.63) is 52.5 Å². The van der Waals surface area contributed by atoms with E-state index in [0.717, 1.165) is 50.1 Å². The molecule has 156 valence electrons. The highest BCUT2D eigenvalue weighted by Gasteiger charge is 2.34. The molecule has 2 fully saturated rings. The smallest absolute Gasteiger partial charge is 0.229 e. The molecule has 5 nitrogen and oxygen atoms in total. The van der Waals surface area contributed by atoms with Gasteiger partial charge in [0.2, 0.25) is 5.91 Å². The Bertz CT molecular complexity index is 760. The maximum absolute atomic E-state index is 12.9. The van der Waals surface area contributed by atoms with E-state index in [2.05, 4.69) is 35.3 Å². The summed E-state index contributed by atoms with van der Waals surface area (Å²) in [6, 6.07) is 10.8. The Morgan fingerprint density at radius 3 is 2.69 bits per heavy atom. The van der Waals surface area contributed by atoms with Crippen LogP contribution in [0.5, 0.6) is 0 Å². The predicted molar refractivity (Wildman–Crippen MR) is 116 cm³/mol. The fourth-order valence-corrected chi connectivity index (χ4v) is 5.31. The van der Waals surface area contributed by atoms with E-state index in [9.17, 15) is 4.79 Å². The third-order valence-corrected chi connectivity index (χ3v) is 7.16. The molecule has 1 aromatic carbocycles. The highest BCUT2D eigenvalue weighted by atomic mass is 32.1. The second-order valence-corrected chi connectivity index (χ2v) is 9.26. The van der Waals surface area contributed by atoms with Crippen LogP contribution in [0.3, 0.4) is 0 Å². The van der Waals surface area contributed by atoms with Crippen molar-refractivity contribution in [2.75, 3.05) is 13.2 Å². The van der Waals surface area contributed by atoms with E-state index in [1.165, 1.54) is 16.9 Å². The first-order chi connectivity index (χ1) is 14.2. The average molecular weight is 414 g/mol. The Balaban J connectivity index is 1.29. The summed E-state index contributed by atoms with van der Waals surface area (Å²) in [6.07, 6.45) is 8.79. The molecule has 4 rings (SSSR count). The molecule has 1 saturated carbocycles. The lowest BCUT2D eigenvalue weighted by Gasteiger charge is -2.40. The van der Waals surface area contributed by atoms with Crippen LogP contribution in [0, 0.1) is 0 Å². The molecule has 2 aliphatic rings. The van der Waals surface area contributed by atoms with Crippen molar-refractivity contribution < 1.29 is 9.53 Å². The molecule has 1 amide bonds. The standard InChI is InChI=1S/C23H31N3O2S/c24-20-7-4-13-26(23(27)15-22-25-12-14-29-22)21(20)16-28-19-10-8-18(9-11-19)17-5-2-1-3-6-17/h1-3,5-6,12,14,18-21H,4,7-11,13,15-16,24H2/t18?,19?,20-,21-/m0/s1. The molecule has 0 unspecified atom stereocenters. The summed E-state index contributed by atoms with van der Waals surface area (Å²) < 4.78 is 6.31. The number of nitrogens with two attached hydrogens (primary N) is 1. The van der Waals surface area contributed by atoms with E-state index in [0.29, 0.717) is 18.9 Å². The third-order valence-electron chi connectivity index (χ3n) is 6.39. The summed E-state index contributed by atoms with van der Waals surface area (Å²) in [6.45, 7) is 1.32. The second kappa shape index (κ2) is 9.83. The zero-order chi connectivity index (χ0) is 20.1. The second-order valence-electron chi connectivity index (χ2n) is 8.28. The molecule has 1 aromatic heterocycles. The number of aromatic nitrogens is 1. The van der Waals surface area contributed by atoms with Crippen LogP contribution in [-0.2, 0) is 16.0 Å². The first-order valence-corrected chi connectivity index (χ1v) is 11.7. The summed E-state index contributed by atoms with van der Waals surface area (Å²) in [5, 5.41) is 2.78. The molecule has 2 N–H and O–H groups in total. The minimum absolute atomic E-state index is 0.00958. The van der Waals surface area contributed by atoms with Gasteiger partial charge in [0.05, 0.1) is 25.2 Å². The number of nitrogens with zero attached hydrogens (tertiary/aromatic N) is 2. The van der Waals surface area contributed by atoms with Gasteiger partial charge in [-0.05, 0) is 50.0 Å². The van der Waals surface area contributed by atoms with Crippen LogP contribution in [0.15, 0.2) is 41.9 Å². The van der Waals surface area contributed by atoms with Crippen molar-refractivity contribution >= 4 is 17.2 Å². The van der Waals surface area contributed by atoms with Crippen molar-refractivity contribution in [3.8, 4) is 0 Å². The first kappa shape index (κ1) is 20.5. The minimum atomic E-state index is -0.0249. The summed E-state index contributed by atoms with van der Waals surface area (Å²) in [4.78, 5) is 19.1. The number of hydrogen-bond donors (Lipinski definition) is 1. The van der Waals surface area contributed by atoms with E-state index in [-0.39, 0.29) is 24.1 Å². The van der Waals surface area contributed by atoms with E-state index in [4.69, 9.17) is 10.5 Å². The number of likely N-dealkylation sites (tertiary alicyclic amines) is 1. The zero-order valence-corrected chi connectivity index (χ0v) is 17.7. The Hall–Kier alpha value is -1.76. The minimum Gasteiger partial charge on any atom is -0.376 e. The van der Waals surface area contributed by atoms with Crippen LogP contribution in [0.4, 0.5) is 0 Å². The lowest BCUT2D eigenvalue weighted by molar-refractivity contribution is -0.137. The quantitative estimate of drug-likeness (QED) is 0.783. The fourth-order valence-electron chi connectivity index (χ4n) is 4.70. The van der Waals surface area contributed by atoms with Gasteiger partial charge < -0.3 is 15.4 Å². The van der Waals surface area contributed by atoms with Crippen molar-refractivity contribution in [2.45, 2.75) is 69.1 Å². The molecule has 1 saturated heterocycles. The van der Waals surface area contributed by atoms with Gasteiger partial charge in [-0.1, -0.05) is 30.3 Å². The van der Waals surface area contributed by atoms with Crippen LogP contribution in [0.1, 0.15) is 55.0 Å². The molecule has 0 bridgehead atoms. The normalized spacial score (nSPS) is 27.7. The van der Waals surface area contributed by atoms with Gasteiger partial charge in [-0.3, -0.25) is 4.79 Å². The van der Waals surface area contributed by atoms with Crippen molar-refractivity contribution in [1.29, 1.82) is 0 Å². The lowest BCUT2D eigenvalue weighted by atomic mass is 9.83. The van der Waals surface area contributed by atoms with Crippen molar-refractivity contribution in [3.63, 3.8) is 0 Å². The van der Waals surface area contributed by atoms with Crippen LogP contribution in [-0.4, -0.2) is 47.1 Å². The summed E-state index contributed by atoms with van der Waals surface area (Å²) >= 11 is 1.53. The number of ether oxygens (including phenoxy) is 1. The van der Waals surface area contributed by atoms with Gasteiger partial charge in [0, 0.05) is 24.2 Å². The predicted octanol–water partition coefficient (Wildman–Crippen LogP) is 3.75. The van der Waals surface area contributed by atoms with Gasteiger partial charge in [0.15, 0.2) is 0 Å². The molecule has 1 aliphatic heterocycles. The monoisotopic (exact) mass is 413 g/mol. The third kappa shape index (κ3) is 5.24. The molecular formula is C23H31N3O2S. The first-order valence-electron chi connectivity index (χ1n) is 10.8. The molecule has 2 atom stereocenters. The number of amides is 1. The van der Waals surface area contributed by atoms with Gasteiger partial charge in [0.25, 0.3) is 0 Å². The Morgan fingerprint density at radius 1 is 1.17 bits per heavy atom. The largest absolute Gasteiger partial charge is 0.376 e. The number of hydrogen-bond acceptors (Lipinski definition) is 5. The van der Waals surface area contributed by atoms with E-state index >= 15 is 0 Å². The van der Waals surface area contributed by atoms with Crippen LogP contribution in [0.25, 0.3) is 0 Å². The molecule has 1 aliphatic carbocycles. The topological polar surface area (TPSA) is 68.5 Å². The Labute approximate surface area is 177 Å². The van der Waals surface area contributed by atoms with E-state index < -0.39 is 0 Å². The van der Waals surface area contributed by atoms with Crippen LogP contribution in [0.2, 0.25) is 0 Å². The lowest BCUT2D eigenvalue weighted by Crippen LogP contribution is -2.57. The number of piperidine rings is 1.